The summed E-state index contributed by atoms with van der Waals surface area (Å²) in [6.45, 7) is 5.57. The van der Waals surface area contributed by atoms with Crippen LogP contribution < -0.4 is 5.32 Å². The van der Waals surface area contributed by atoms with Crippen molar-refractivity contribution < 1.29 is 19.5 Å². The van der Waals surface area contributed by atoms with Gasteiger partial charge in [0, 0.05) is 12.6 Å². The second kappa shape index (κ2) is 7.36. The van der Waals surface area contributed by atoms with Crippen molar-refractivity contribution in [3.63, 3.8) is 0 Å². The average Bonchev–Trinajstić information content (AvgIpc) is 2.83. The molecule has 0 spiro atoms. The summed E-state index contributed by atoms with van der Waals surface area (Å²) >= 11 is 0. The molecule has 0 aliphatic rings. The quantitative estimate of drug-likeness (QED) is 0.690. The molecule has 1 heterocycles. The average molecular weight is 297 g/mol. The van der Waals surface area contributed by atoms with Gasteiger partial charge in [0.05, 0.1) is 12.7 Å². The minimum absolute atomic E-state index is 0.000233. The number of rotatable bonds is 7. The Kier molecular flexibility index (Phi) is 5.82. The number of likely N-dealkylation sites (N-methyl/N-ethyl adjacent to an activating group) is 1. The third-order valence-corrected chi connectivity index (χ3v) is 2.57. The van der Waals surface area contributed by atoms with E-state index < -0.39 is 5.97 Å². The summed E-state index contributed by atoms with van der Waals surface area (Å²) in [4.78, 5) is 35.7. The van der Waals surface area contributed by atoms with Gasteiger partial charge in [0.15, 0.2) is 5.69 Å². The molecule has 0 atom stereocenters. The third kappa shape index (κ3) is 5.21. The highest BCUT2D eigenvalue weighted by Gasteiger charge is 2.18. The van der Waals surface area contributed by atoms with Crippen molar-refractivity contribution in [2.75, 3.05) is 13.1 Å². The molecule has 1 aromatic rings. The Morgan fingerprint density at radius 1 is 1.43 bits per heavy atom. The molecular formula is C12H19N5O4. The van der Waals surface area contributed by atoms with Crippen LogP contribution in [-0.4, -0.2) is 61.9 Å². The van der Waals surface area contributed by atoms with Crippen LogP contribution in [0.15, 0.2) is 6.20 Å². The van der Waals surface area contributed by atoms with E-state index in [1.807, 2.05) is 13.8 Å². The number of carboxylic acids is 1. The van der Waals surface area contributed by atoms with Gasteiger partial charge in [0.25, 0.3) is 0 Å². The Morgan fingerprint density at radius 2 is 2.10 bits per heavy atom. The summed E-state index contributed by atoms with van der Waals surface area (Å²) in [6, 6.07) is -0.000233. The van der Waals surface area contributed by atoms with E-state index in [4.69, 9.17) is 5.11 Å². The predicted molar refractivity (Wildman–Crippen MR) is 72.5 cm³/mol. The molecule has 0 radical (unpaired) electrons. The zero-order chi connectivity index (χ0) is 16.0. The molecule has 0 saturated carbocycles. The molecular weight excluding hydrogens is 278 g/mol. The van der Waals surface area contributed by atoms with Crippen molar-refractivity contribution >= 4 is 17.8 Å². The van der Waals surface area contributed by atoms with Crippen LogP contribution in [0.2, 0.25) is 0 Å². The zero-order valence-electron chi connectivity index (χ0n) is 12.2. The molecule has 0 unspecified atom stereocenters. The summed E-state index contributed by atoms with van der Waals surface area (Å²) in [5, 5.41) is 18.4. The number of nitrogens with one attached hydrogen (secondary N) is 1. The van der Waals surface area contributed by atoms with Gasteiger partial charge in [-0.1, -0.05) is 5.21 Å². The van der Waals surface area contributed by atoms with Crippen LogP contribution in [0, 0.1) is 0 Å². The number of aromatic carboxylic acids is 1. The van der Waals surface area contributed by atoms with E-state index in [0.29, 0.717) is 6.54 Å². The molecule has 1 rings (SSSR count). The molecule has 9 heteroatoms. The van der Waals surface area contributed by atoms with Crippen LogP contribution >= 0.6 is 0 Å². The highest BCUT2D eigenvalue weighted by atomic mass is 16.4. The first kappa shape index (κ1) is 16.6. The number of carbonyl (C=O) groups excluding carboxylic acids is 2. The van der Waals surface area contributed by atoms with Crippen LogP contribution in [0.25, 0.3) is 0 Å². The Morgan fingerprint density at radius 3 is 2.57 bits per heavy atom. The van der Waals surface area contributed by atoms with Crippen molar-refractivity contribution in [3.05, 3.63) is 11.9 Å². The molecule has 116 valence electrons. The van der Waals surface area contributed by atoms with Crippen molar-refractivity contribution in [1.29, 1.82) is 0 Å². The predicted octanol–water partition coefficient (Wildman–Crippen LogP) is -0.651. The Balaban J connectivity index is 2.61. The van der Waals surface area contributed by atoms with Crippen molar-refractivity contribution in [2.45, 2.75) is 33.4 Å². The van der Waals surface area contributed by atoms with E-state index in [2.05, 4.69) is 15.6 Å². The summed E-state index contributed by atoms with van der Waals surface area (Å²) in [7, 11) is 0. The molecule has 1 aromatic heterocycles. The van der Waals surface area contributed by atoms with Gasteiger partial charge in [-0.25, -0.2) is 9.48 Å². The second-order valence-electron chi connectivity index (χ2n) is 4.74. The summed E-state index contributed by atoms with van der Waals surface area (Å²) < 4.78 is 1.13. The van der Waals surface area contributed by atoms with E-state index >= 15 is 0 Å². The lowest BCUT2D eigenvalue weighted by molar-refractivity contribution is -0.136. The fourth-order valence-corrected chi connectivity index (χ4v) is 1.63. The topological polar surface area (TPSA) is 117 Å². The van der Waals surface area contributed by atoms with Crippen LogP contribution in [0.5, 0.6) is 0 Å². The molecule has 0 aliphatic carbocycles. The van der Waals surface area contributed by atoms with Gasteiger partial charge in [0.1, 0.15) is 6.54 Å². The Hall–Kier alpha value is -2.45. The lowest BCUT2D eigenvalue weighted by Crippen LogP contribution is -2.43. The number of nitrogens with zero attached hydrogens (tertiary/aromatic N) is 4. The first-order valence-corrected chi connectivity index (χ1v) is 6.54. The monoisotopic (exact) mass is 297 g/mol. The third-order valence-electron chi connectivity index (χ3n) is 2.57. The van der Waals surface area contributed by atoms with Crippen molar-refractivity contribution in [3.8, 4) is 0 Å². The Labute approximate surface area is 121 Å². The number of carboxylic acid groups (broad SMARTS) is 1. The van der Waals surface area contributed by atoms with Gasteiger partial charge in [-0.2, -0.15) is 0 Å². The normalized spacial score (nSPS) is 10.5. The van der Waals surface area contributed by atoms with Crippen LogP contribution in [0.1, 0.15) is 31.3 Å². The minimum atomic E-state index is -1.21. The summed E-state index contributed by atoms with van der Waals surface area (Å²) in [6.07, 6.45) is 1.17. The summed E-state index contributed by atoms with van der Waals surface area (Å²) in [5.74, 6) is -1.79. The number of hydrogen-bond acceptors (Lipinski definition) is 5. The summed E-state index contributed by atoms with van der Waals surface area (Å²) in [5.41, 5.74) is -0.233. The molecule has 0 fully saturated rings. The Bertz CT molecular complexity index is 525. The molecule has 0 saturated heterocycles. The number of carbonyl (C=O) groups is 3. The lowest BCUT2D eigenvalue weighted by atomic mass is 10.3. The first-order chi connectivity index (χ1) is 9.83. The smallest absolute Gasteiger partial charge is 0.358 e. The van der Waals surface area contributed by atoms with Gasteiger partial charge in [-0.3, -0.25) is 9.59 Å². The number of amides is 2. The fraction of sp³-hybridized carbons (Fsp3) is 0.583. The molecule has 2 amide bonds. The largest absolute Gasteiger partial charge is 0.476 e. The van der Waals surface area contributed by atoms with Gasteiger partial charge >= 0.3 is 5.97 Å². The minimum Gasteiger partial charge on any atom is -0.476 e. The molecule has 0 aromatic carbocycles. The lowest BCUT2D eigenvalue weighted by Gasteiger charge is -2.20. The fourth-order valence-electron chi connectivity index (χ4n) is 1.63. The SMILES string of the molecule is CCN(CC(=O)NC(C)C)C(=O)Cn1cc(C(=O)O)nn1. The first-order valence-electron chi connectivity index (χ1n) is 6.54. The number of aromatic nitrogens is 3. The van der Waals surface area contributed by atoms with Crippen LogP contribution in [-0.2, 0) is 16.1 Å². The van der Waals surface area contributed by atoms with Gasteiger partial charge in [-0.05, 0) is 20.8 Å². The second-order valence-corrected chi connectivity index (χ2v) is 4.74. The highest BCUT2D eigenvalue weighted by Crippen LogP contribution is 1.97. The maximum Gasteiger partial charge on any atom is 0.358 e. The van der Waals surface area contributed by atoms with E-state index in [0.717, 1.165) is 4.68 Å². The van der Waals surface area contributed by atoms with Gasteiger partial charge in [-0.15, -0.1) is 5.10 Å². The molecule has 21 heavy (non-hydrogen) atoms. The van der Waals surface area contributed by atoms with E-state index in [9.17, 15) is 14.4 Å². The highest BCUT2D eigenvalue weighted by molar-refractivity contribution is 5.86. The van der Waals surface area contributed by atoms with Gasteiger partial charge < -0.3 is 15.3 Å². The maximum atomic E-state index is 12.1. The molecule has 0 aliphatic heterocycles. The number of hydrogen-bond donors (Lipinski definition) is 2. The molecule has 0 bridgehead atoms. The van der Waals surface area contributed by atoms with Gasteiger partial charge in [0.2, 0.25) is 11.8 Å². The van der Waals surface area contributed by atoms with Crippen molar-refractivity contribution in [2.24, 2.45) is 0 Å². The van der Waals surface area contributed by atoms with E-state index in [-0.39, 0.29) is 36.6 Å². The van der Waals surface area contributed by atoms with E-state index in [1.54, 1.807) is 6.92 Å². The van der Waals surface area contributed by atoms with Crippen LogP contribution in [0.3, 0.4) is 0 Å². The molecule has 2 N–H and O–H groups in total. The van der Waals surface area contributed by atoms with E-state index in [1.165, 1.54) is 11.1 Å². The molecule has 9 nitrogen and oxygen atoms in total. The van der Waals surface area contributed by atoms with Crippen molar-refractivity contribution in [1.82, 2.24) is 25.2 Å². The standard InChI is InChI=1S/C12H19N5O4/c1-4-16(6-10(18)13-8(2)3)11(19)7-17-5-9(12(20)21)14-15-17/h5,8H,4,6-7H2,1-3H3,(H,13,18)(H,20,21). The van der Waals surface area contributed by atoms with Crippen LogP contribution in [0.4, 0.5) is 0 Å². The maximum absolute atomic E-state index is 12.1. The zero-order valence-corrected chi connectivity index (χ0v) is 12.2.